The van der Waals surface area contributed by atoms with Crippen molar-refractivity contribution in [2.24, 2.45) is 5.73 Å². The zero-order valence-electron chi connectivity index (χ0n) is 11.4. The summed E-state index contributed by atoms with van der Waals surface area (Å²) in [5.74, 6) is 1.05. The molecular weight excluding hydrogens is 238 g/mol. The number of pyridine rings is 1. The van der Waals surface area contributed by atoms with Crippen LogP contribution in [0.4, 0.5) is 5.82 Å². The smallest absolute Gasteiger partial charge is 0.139 e. The van der Waals surface area contributed by atoms with Gasteiger partial charge in [0, 0.05) is 24.8 Å². The number of aromatic nitrogens is 1. The molecule has 1 fully saturated rings. The van der Waals surface area contributed by atoms with Crippen LogP contribution in [-0.4, -0.2) is 23.6 Å². The first-order chi connectivity index (χ1) is 9.29. The second kappa shape index (κ2) is 5.21. The summed E-state index contributed by atoms with van der Waals surface area (Å²) >= 11 is 0. The molecule has 0 aromatic carbocycles. The van der Waals surface area contributed by atoms with Crippen molar-refractivity contribution >= 4 is 16.8 Å². The minimum Gasteiger partial charge on any atom is -0.464 e. The van der Waals surface area contributed by atoms with Gasteiger partial charge in [-0.05, 0) is 44.7 Å². The molecule has 0 spiro atoms. The van der Waals surface area contributed by atoms with Gasteiger partial charge in [-0.1, -0.05) is 0 Å². The van der Waals surface area contributed by atoms with E-state index in [4.69, 9.17) is 10.2 Å². The topological polar surface area (TPSA) is 55.3 Å². The summed E-state index contributed by atoms with van der Waals surface area (Å²) < 4.78 is 5.47. The zero-order chi connectivity index (χ0) is 13.2. The van der Waals surface area contributed by atoms with Crippen molar-refractivity contribution in [2.75, 3.05) is 11.4 Å². The Morgan fingerprint density at radius 2 is 2.11 bits per heavy atom. The van der Waals surface area contributed by atoms with Crippen LogP contribution in [0.3, 0.4) is 0 Å². The molecule has 0 radical (unpaired) electrons. The van der Waals surface area contributed by atoms with E-state index in [1.54, 1.807) is 6.26 Å². The van der Waals surface area contributed by atoms with E-state index < -0.39 is 0 Å². The summed E-state index contributed by atoms with van der Waals surface area (Å²) in [5, 5.41) is 1.11. The number of rotatable bonds is 3. The molecule has 0 saturated heterocycles. The lowest BCUT2D eigenvalue weighted by atomic mass is 9.90. The highest BCUT2D eigenvalue weighted by molar-refractivity contribution is 5.88. The number of hydrogen-bond donors (Lipinski definition) is 1. The average molecular weight is 259 g/mol. The Morgan fingerprint density at radius 1 is 1.32 bits per heavy atom. The monoisotopic (exact) mass is 259 g/mol. The summed E-state index contributed by atoms with van der Waals surface area (Å²) in [6.07, 6.45) is 8.11. The summed E-state index contributed by atoms with van der Waals surface area (Å²) in [7, 11) is 0. The van der Waals surface area contributed by atoms with Gasteiger partial charge in [0.2, 0.25) is 0 Å². The number of nitrogens with zero attached hydrogens (tertiary/aromatic N) is 2. The Hall–Kier alpha value is -1.55. The molecular formula is C15H21N3O. The van der Waals surface area contributed by atoms with Crippen molar-refractivity contribution in [1.82, 2.24) is 4.98 Å². The highest BCUT2D eigenvalue weighted by Gasteiger charge is 2.25. The predicted molar refractivity (Wildman–Crippen MR) is 77.3 cm³/mol. The maximum Gasteiger partial charge on any atom is 0.139 e. The molecule has 0 unspecified atom stereocenters. The van der Waals surface area contributed by atoms with Gasteiger partial charge in [0.25, 0.3) is 0 Å². The van der Waals surface area contributed by atoms with Crippen molar-refractivity contribution in [1.29, 1.82) is 0 Å². The fraction of sp³-hybridized carbons (Fsp3) is 0.533. The van der Waals surface area contributed by atoms with Gasteiger partial charge in [0.1, 0.15) is 11.4 Å². The molecule has 1 aliphatic carbocycles. The SMILES string of the molecule is CCN(c1nccc2occc12)C1CCC(N)CC1. The van der Waals surface area contributed by atoms with Crippen LogP contribution in [0.1, 0.15) is 32.6 Å². The molecule has 0 bridgehead atoms. The minimum atomic E-state index is 0.382. The fourth-order valence-corrected chi connectivity index (χ4v) is 3.10. The number of furan rings is 1. The van der Waals surface area contributed by atoms with Crippen LogP contribution in [0.25, 0.3) is 11.0 Å². The van der Waals surface area contributed by atoms with Gasteiger partial charge in [-0.25, -0.2) is 4.98 Å². The number of hydrogen-bond acceptors (Lipinski definition) is 4. The summed E-state index contributed by atoms with van der Waals surface area (Å²) in [6, 6.07) is 4.86. The van der Waals surface area contributed by atoms with Crippen LogP contribution in [0.5, 0.6) is 0 Å². The third-order valence-corrected chi connectivity index (χ3v) is 4.15. The van der Waals surface area contributed by atoms with E-state index in [1.807, 2.05) is 18.3 Å². The Bertz CT molecular complexity index is 543. The molecule has 2 aromatic heterocycles. The Morgan fingerprint density at radius 3 is 2.84 bits per heavy atom. The molecule has 0 aliphatic heterocycles. The summed E-state index contributed by atoms with van der Waals surface area (Å²) in [4.78, 5) is 6.99. The molecule has 102 valence electrons. The summed E-state index contributed by atoms with van der Waals surface area (Å²) in [5.41, 5.74) is 6.92. The number of fused-ring (bicyclic) bond motifs is 1. The van der Waals surface area contributed by atoms with Crippen LogP contribution < -0.4 is 10.6 Å². The van der Waals surface area contributed by atoms with Gasteiger partial charge < -0.3 is 15.1 Å². The lowest BCUT2D eigenvalue weighted by Gasteiger charge is -2.36. The first-order valence-electron chi connectivity index (χ1n) is 7.14. The van der Waals surface area contributed by atoms with Crippen LogP contribution >= 0.6 is 0 Å². The van der Waals surface area contributed by atoms with E-state index in [1.165, 1.54) is 0 Å². The second-order valence-corrected chi connectivity index (χ2v) is 5.32. The first-order valence-corrected chi connectivity index (χ1v) is 7.14. The Labute approximate surface area is 113 Å². The molecule has 2 N–H and O–H groups in total. The standard InChI is InChI=1S/C15H21N3O/c1-2-18(12-5-3-11(16)4-6-12)15-13-8-10-19-14(13)7-9-17-15/h7-12H,2-6,16H2,1H3. The third kappa shape index (κ3) is 2.32. The fourth-order valence-electron chi connectivity index (χ4n) is 3.10. The maximum atomic E-state index is 6.00. The van der Waals surface area contributed by atoms with Gasteiger partial charge >= 0.3 is 0 Å². The van der Waals surface area contributed by atoms with E-state index in [0.29, 0.717) is 12.1 Å². The second-order valence-electron chi connectivity index (χ2n) is 5.32. The van der Waals surface area contributed by atoms with Crippen molar-refractivity contribution in [3.05, 3.63) is 24.6 Å². The highest BCUT2D eigenvalue weighted by atomic mass is 16.3. The molecule has 1 saturated carbocycles. The van der Waals surface area contributed by atoms with Crippen molar-refractivity contribution in [3.63, 3.8) is 0 Å². The van der Waals surface area contributed by atoms with Crippen LogP contribution in [0.15, 0.2) is 29.0 Å². The number of anilines is 1. The van der Waals surface area contributed by atoms with Crippen molar-refractivity contribution < 1.29 is 4.42 Å². The largest absolute Gasteiger partial charge is 0.464 e. The van der Waals surface area contributed by atoms with Crippen molar-refractivity contribution in [3.8, 4) is 0 Å². The van der Waals surface area contributed by atoms with E-state index in [-0.39, 0.29) is 0 Å². The van der Waals surface area contributed by atoms with Crippen LogP contribution in [-0.2, 0) is 0 Å². The molecule has 1 aliphatic rings. The molecule has 0 amide bonds. The van der Waals surface area contributed by atoms with Gasteiger partial charge in [-0.2, -0.15) is 0 Å². The average Bonchev–Trinajstić information content (AvgIpc) is 2.91. The minimum absolute atomic E-state index is 0.382. The molecule has 0 atom stereocenters. The molecule has 3 rings (SSSR count). The van der Waals surface area contributed by atoms with E-state index in [0.717, 1.165) is 49.0 Å². The molecule has 2 aromatic rings. The van der Waals surface area contributed by atoms with E-state index in [9.17, 15) is 0 Å². The maximum absolute atomic E-state index is 6.00. The van der Waals surface area contributed by atoms with Gasteiger partial charge in [0.05, 0.1) is 11.6 Å². The Balaban J connectivity index is 1.91. The first kappa shape index (κ1) is 12.5. The van der Waals surface area contributed by atoms with Gasteiger partial charge in [0.15, 0.2) is 0 Å². The predicted octanol–water partition coefficient (Wildman–Crippen LogP) is 2.92. The Kier molecular flexibility index (Phi) is 3.42. The quantitative estimate of drug-likeness (QED) is 0.920. The lowest BCUT2D eigenvalue weighted by molar-refractivity contribution is 0.377. The zero-order valence-corrected chi connectivity index (χ0v) is 11.4. The van der Waals surface area contributed by atoms with Gasteiger partial charge in [-0.3, -0.25) is 0 Å². The number of nitrogens with two attached hydrogens (primary N) is 1. The van der Waals surface area contributed by atoms with Crippen LogP contribution in [0, 0.1) is 0 Å². The summed E-state index contributed by atoms with van der Waals surface area (Å²) in [6.45, 7) is 3.16. The highest BCUT2D eigenvalue weighted by Crippen LogP contribution is 2.30. The van der Waals surface area contributed by atoms with Crippen LogP contribution in [0.2, 0.25) is 0 Å². The van der Waals surface area contributed by atoms with E-state index in [2.05, 4.69) is 16.8 Å². The molecule has 2 heterocycles. The molecule has 4 heteroatoms. The normalized spacial score (nSPS) is 23.7. The van der Waals surface area contributed by atoms with E-state index >= 15 is 0 Å². The molecule has 19 heavy (non-hydrogen) atoms. The van der Waals surface area contributed by atoms with Crippen molar-refractivity contribution in [2.45, 2.75) is 44.7 Å². The lowest BCUT2D eigenvalue weighted by Crippen LogP contribution is -2.41. The third-order valence-electron chi connectivity index (χ3n) is 4.15. The molecule has 4 nitrogen and oxygen atoms in total. The van der Waals surface area contributed by atoms with Gasteiger partial charge in [-0.15, -0.1) is 0 Å².